The Morgan fingerprint density at radius 1 is 1.07 bits per heavy atom. The second kappa shape index (κ2) is 11.5. The number of para-hydroxylation sites is 1. The van der Waals surface area contributed by atoms with Crippen LogP contribution in [0.25, 0.3) is 22.3 Å². The van der Waals surface area contributed by atoms with Crippen molar-refractivity contribution in [1.82, 2.24) is 29.5 Å². The number of likely N-dealkylation sites (tertiary alicyclic amines) is 1. The first-order valence-electron chi connectivity index (χ1n) is 14.1. The summed E-state index contributed by atoms with van der Waals surface area (Å²) in [7, 11) is 0. The van der Waals surface area contributed by atoms with Crippen molar-refractivity contribution in [3.05, 3.63) is 73.1 Å². The molecule has 206 valence electrons. The van der Waals surface area contributed by atoms with Crippen LogP contribution >= 0.6 is 0 Å². The Balaban J connectivity index is 1.18. The molecular weight excluding hydrogens is 502 g/mol. The minimum atomic E-state index is 0.00615. The van der Waals surface area contributed by atoms with E-state index in [-0.39, 0.29) is 11.9 Å². The Morgan fingerprint density at radius 2 is 1.85 bits per heavy atom. The van der Waals surface area contributed by atoms with E-state index in [1.54, 1.807) is 6.08 Å². The number of aromatic nitrogens is 4. The van der Waals surface area contributed by atoms with Crippen molar-refractivity contribution in [2.75, 3.05) is 31.9 Å². The van der Waals surface area contributed by atoms with Crippen molar-refractivity contribution < 1.29 is 9.53 Å². The molecule has 1 amide bonds. The molecule has 6 rings (SSSR count). The smallest absolute Gasteiger partial charge is 0.246 e. The highest BCUT2D eigenvalue weighted by molar-refractivity contribution is 5.98. The second-order valence-electron chi connectivity index (χ2n) is 10.5. The molecule has 1 atom stereocenters. The molecule has 1 saturated heterocycles. The zero-order chi connectivity index (χ0) is 27.5. The number of anilines is 1. The number of nitrogens with zero attached hydrogens (tertiary/aromatic N) is 6. The minimum Gasteiger partial charge on any atom is -0.457 e. The molecule has 40 heavy (non-hydrogen) atoms. The van der Waals surface area contributed by atoms with Gasteiger partial charge in [0.15, 0.2) is 5.65 Å². The third-order valence-corrected chi connectivity index (χ3v) is 7.62. The van der Waals surface area contributed by atoms with E-state index in [2.05, 4.69) is 21.8 Å². The topological polar surface area (TPSA) is 102 Å². The number of ether oxygens (including phenoxy) is 1. The van der Waals surface area contributed by atoms with Gasteiger partial charge >= 0.3 is 0 Å². The number of nitrogens with two attached hydrogens (primary N) is 1. The van der Waals surface area contributed by atoms with E-state index < -0.39 is 0 Å². The molecule has 1 saturated carbocycles. The monoisotopic (exact) mass is 537 g/mol. The fourth-order valence-corrected chi connectivity index (χ4v) is 5.44. The molecule has 0 unspecified atom stereocenters. The molecule has 0 radical (unpaired) electrons. The van der Waals surface area contributed by atoms with E-state index in [1.807, 2.05) is 70.3 Å². The molecule has 3 heterocycles. The van der Waals surface area contributed by atoms with Crippen molar-refractivity contribution in [3.63, 3.8) is 0 Å². The Hall–Kier alpha value is -4.24. The first kappa shape index (κ1) is 26.0. The van der Waals surface area contributed by atoms with E-state index in [0.717, 1.165) is 54.1 Å². The van der Waals surface area contributed by atoms with Crippen molar-refractivity contribution in [2.45, 2.75) is 44.7 Å². The van der Waals surface area contributed by atoms with Gasteiger partial charge in [-0.25, -0.2) is 14.6 Å². The molecule has 0 spiro atoms. The molecule has 2 aliphatic rings. The van der Waals surface area contributed by atoms with Gasteiger partial charge in [-0.15, -0.1) is 0 Å². The van der Waals surface area contributed by atoms with Crippen molar-refractivity contribution in [3.8, 4) is 22.8 Å². The van der Waals surface area contributed by atoms with Gasteiger partial charge in [0.1, 0.15) is 29.3 Å². The Morgan fingerprint density at radius 3 is 2.60 bits per heavy atom. The quantitative estimate of drug-likeness (QED) is 0.282. The Bertz CT molecular complexity index is 1500. The fraction of sp³-hybridized carbons (Fsp3) is 0.355. The number of carbonyl (C=O) groups excluding carboxylic acids is 1. The van der Waals surface area contributed by atoms with Gasteiger partial charge in [-0.1, -0.05) is 31.2 Å². The third kappa shape index (κ3) is 5.56. The summed E-state index contributed by atoms with van der Waals surface area (Å²) in [5.41, 5.74) is 8.63. The SMILES string of the molecule is CCCN(C/C=C/C(=O)N1CC[C@@H](n2nc(-c3ccc(Oc4ccccc4)cc3)c3c(N)ncnc32)C1)C1CC1. The van der Waals surface area contributed by atoms with Crippen LogP contribution in [0.5, 0.6) is 11.5 Å². The van der Waals surface area contributed by atoms with E-state index in [9.17, 15) is 4.79 Å². The summed E-state index contributed by atoms with van der Waals surface area (Å²) in [5.74, 6) is 1.95. The summed E-state index contributed by atoms with van der Waals surface area (Å²) in [4.78, 5) is 26.1. The molecule has 4 aromatic rings. The summed E-state index contributed by atoms with van der Waals surface area (Å²) >= 11 is 0. The maximum atomic E-state index is 13.0. The number of benzene rings is 2. The largest absolute Gasteiger partial charge is 0.457 e. The lowest BCUT2D eigenvalue weighted by Crippen LogP contribution is -2.29. The standard InChI is InChI=1S/C31H35N7O2/c1-2-17-36(23-12-13-23)18-6-9-27(39)37-19-16-24(20-37)38-31-28(30(32)33-21-34-31)29(35-38)22-10-14-26(15-11-22)40-25-7-4-3-5-8-25/h3-11,14-15,21,23-24H,2,12-13,16-20H2,1H3,(H2,32,33,34)/b9-6+/t24-/m1/s1. The van der Waals surface area contributed by atoms with Crippen LogP contribution < -0.4 is 10.5 Å². The van der Waals surface area contributed by atoms with Gasteiger partial charge in [-0.3, -0.25) is 9.69 Å². The maximum absolute atomic E-state index is 13.0. The van der Waals surface area contributed by atoms with Gasteiger partial charge in [-0.05, 0) is 68.6 Å². The lowest BCUT2D eigenvalue weighted by Gasteiger charge is -2.19. The highest BCUT2D eigenvalue weighted by Gasteiger charge is 2.31. The molecule has 2 N–H and O–H groups in total. The zero-order valence-corrected chi connectivity index (χ0v) is 22.8. The molecule has 2 fully saturated rings. The Kier molecular flexibility index (Phi) is 7.46. The third-order valence-electron chi connectivity index (χ3n) is 7.62. The van der Waals surface area contributed by atoms with Crippen LogP contribution in [0.2, 0.25) is 0 Å². The number of amides is 1. The van der Waals surface area contributed by atoms with Gasteiger partial charge in [0.05, 0.1) is 11.4 Å². The van der Waals surface area contributed by atoms with E-state index in [0.29, 0.717) is 30.6 Å². The summed E-state index contributed by atoms with van der Waals surface area (Å²) in [6.07, 6.45) is 9.70. The molecule has 9 nitrogen and oxygen atoms in total. The average molecular weight is 538 g/mol. The molecule has 2 aromatic carbocycles. The zero-order valence-electron chi connectivity index (χ0n) is 22.8. The van der Waals surface area contributed by atoms with Crippen LogP contribution in [0.4, 0.5) is 5.82 Å². The highest BCUT2D eigenvalue weighted by atomic mass is 16.5. The fourth-order valence-electron chi connectivity index (χ4n) is 5.44. The summed E-state index contributed by atoms with van der Waals surface area (Å²) < 4.78 is 7.87. The predicted octanol–water partition coefficient (Wildman–Crippen LogP) is 5.07. The van der Waals surface area contributed by atoms with Crippen molar-refractivity contribution in [1.29, 1.82) is 0 Å². The molecule has 1 aliphatic heterocycles. The normalized spacial score (nSPS) is 17.4. The maximum Gasteiger partial charge on any atom is 0.246 e. The number of rotatable bonds is 10. The molecule has 1 aliphatic carbocycles. The van der Waals surface area contributed by atoms with E-state index in [4.69, 9.17) is 15.6 Å². The van der Waals surface area contributed by atoms with Gasteiger partial charge in [0.25, 0.3) is 0 Å². The van der Waals surface area contributed by atoms with Gasteiger partial charge in [0, 0.05) is 37.3 Å². The highest BCUT2D eigenvalue weighted by Crippen LogP contribution is 2.35. The lowest BCUT2D eigenvalue weighted by atomic mass is 10.1. The lowest BCUT2D eigenvalue weighted by molar-refractivity contribution is -0.125. The number of hydrogen-bond acceptors (Lipinski definition) is 7. The number of fused-ring (bicyclic) bond motifs is 1. The summed E-state index contributed by atoms with van der Waals surface area (Å²) in [6.45, 7) is 5.37. The molecule has 9 heteroatoms. The first-order chi connectivity index (χ1) is 19.6. The molecule has 0 bridgehead atoms. The van der Waals surface area contributed by atoms with Gasteiger partial charge < -0.3 is 15.4 Å². The van der Waals surface area contributed by atoms with Crippen LogP contribution in [0, 0.1) is 0 Å². The van der Waals surface area contributed by atoms with Crippen LogP contribution in [-0.4, -0.2) is 67.7 Å². The van der Waals surface area contributed by atoms with Crippen LogP contribution in [0.1, 0.15) is 38.6 Å². The van der Waals surface area contributed by atoms with E-state index in [1.165, 1.54) is 19.2 Å². The van der Waals surface area contributed by atoms with Crippen LogP contribution in [0.15, 0.2) is 73.1 Å². The Labute approximate surface area is 234 Å². The van der Waals surface area contributed by atoms with Crippen molar-refractivity contribution in [2.24, 2.45) is 0 Å². The predicted molar refractivity (Wildman–Crippen MR) is 156 cm³/mol. The summed E-state index contributed by atoms with van der Waals surface area (Å²) in [6, 6.07) is 18.1. The number of carbonyl (C=O) groups is 1. The van der Waals surface area contributed by atoms with Gasteiger partial charge in [-0.2, -0.15) is 5.10 Å². The minimum absolute atomic E-state index is 0.00615. The average Bonchev–Trinajstić information content (AvgIpc) is 3.56. The van der Waals surface area contributed by atoms with E-state index >= 15 is 0 Å². The molecular formula is C31H35N7O2. The molecule has 2 aromatic heterocycles. The van der Waals surface area contributed by atoms with Crippen LogP contribution in [-0.2, 0) is 4.79 Å². The van der Waals surface area contributed by atoms with Crippen LogP contribution in [0.3, 0.4) is 0 Å². The second-order valence-corrected chi connectivity index (χ2v) is 10.5. The van der Waals surface area contributed by atoms with Gasteiger partial charge in [0.2, 0.25) is 5.91 Å². The van der Waals surface area contributed by atoms with Crippen molar-refractivity contribution >= 4 is 22.8 Å². The number of hydrogen-bond donors (Lipinski definition) is 1. The summed E-state index contributed by atoms with van der Waals surface area (Å²) in [5, 5.41) is 5.69. The number of nitrogen functional groups attached to an aromatic ring is 1. The first-order valence-corrected chi connectivity index (χ1v) is 14.1.